The number of nitrogens with one attached hydrogen (secondary N) is 1. The molecule has 0 saturated carbocycles. The molecule has 0 aromatic heterocycles. The molecule has 21 heavy (non-hydrogen) atoms. The van der Waals surface area contributed by atoms with Crippen molar-refractivity contribution in [3.8, 4) is 0 Å². The normalized spacial score (nSPS) is 17.2. The van der Waals surface area contributed by atoms with Gasteiger partial charge in [0, 0.05) is 19.6 Å². The Kier molecular flexibility index (Phi) is 5.60. The van der Waals surface area contributed by atoms with Gasteiger partial charge in [-0.3, -0.25) is 4.99 Å². The SMILES string of the molecule is CCN(CC)C1=NCCC1NC(=O)OCc1ccccc1. The number of amides is 1. The number of rotatable bonds is 5. The van der Waals surface area contributed by atoms with Crippen LogP contribution in [0.4, 0.5) is 4.79 Å². The van der Waals surface area contributed by atoms with Gasteiger partial charge in [-0.05, 0) is 25.8 Å². The summed E-state index contributed by atoms with van der Waals surface area (Å²) in [5, 5.41) is 2.91. The lowest BCUT2D eigenvalue weighted by Crippen LogP contribution is -2.46. The van der Waals surface area contributed by atoms with Crippen LogP contribution in [0.1, 0.15) is 25.8 Å². The second-order valence-corrected chi connectivity index (χ2v) is 4.96. The fourth-order valence-corrected chi connectivity index (χ4v) is 2.46. The van der Waals surface area contributed by atoms with E-state index < -0.39 is 0 Å². The summed E-state index contributed by atoms with van der Waals surface area (Å²) < 4.78 is 5.26. The number of amidine groups is 1. The van der Waals surface area contributed by atoms with Gasteiger partial charge in [0.1, 0.15) is 12.4 Å². The van der Waals surface area contributed by atoms with Crippen molar-refractivity contribution in [1.29, 1.82) is 0 Å². The lowest BCUT2D eigenvalue weighted by Gasteiger charge is -2.26. The van der Waals surface area contributed by atoms with E-state index in [-0.39, 0.29) is 18.7 Å². The summed E-state index contributed by atoms with van der Waals surface area (Å²) in [7, 11) is 0. The van der Waals surface area contributed by atoms with Crippen LogP contribution in [0, 0.1) is 0 Å². The van der Waals surface area contributed by atoms with Gasteiger partial charge < -0.3 is 15.0 Å². The fraction of sp³-hybridized carbons (Fsp3) is 0.500. The van der Waals surface area contributed by atoms with Crippen molar-refractivity contribution in [2.24, 2.45) is 4.99 Å². The predicted octanol–water partition coefficient (Wildman–Crippen LogP) is 2.43. The number of hydrogen-bond donors (Lipinski definition) is 1. The van der Waals surface area contributed by atoms with Gasteiger partial charge in [-0.1, -0.05) is 30.3 Å². The van der Waals surface area contributed by atoms with Gasteiger partial charge in [0.15, 0.2) is 0 Å². The lowest BCUT2D eigenvalue weighted by atomic mass is 10.2. The molecule has 0 radical (unpaired) electrons. The largest absolute Gasteiger partial charge is 0.445 e. The highest BCUT2D eigenvalue weighted by atomic mass is 16.5. The van der Waals surface area contributed by atoms with Crippen LogP contribution < -0.4 is 5.32 Å². The van der Waals surface area contributed by atoms with E-state index in [0.29, 0.717) is 0 Å². The number of benzene rings is 1. The van der Waals surface area contributed by atoms with Crippen molar-refractivity contribution in [2.75, 3.05) is 19.6 Å². The summed E-state index contributed by atoms with van der Waals surface area (Å²) in [4.78, 5) is 18.6. The summed E-state index contributed by atoms with van der Waals surface area (Å²) in [6.07, 6.45) is 0.456. The van der Waals surface area contributed by atoms with Gasteiger partial charge in [-0.2, -0.15) is 0 Å². The van der Waals surface area contributed by atoms with Gasteiger partial charge in [0.05, 0.1) is 6.04 Å². The van der Waals surface area contributed by atoms with Gasteiger partial charge in [-0.15, -0.1) is 0 Å². The maximum Gasteiger partial charge on any atom is 0.408 e. The summed E-state index contributed by atoms with van der Waals surface area (Å²) in [6.45, 7) is 7.02. The van der Waals surface area contributed by atoms with E-state index >= 15 is 0 Å². The zero-order chi connectivity index (χ0) is 15.1. The van der Waals surface area contributed by atoms with Gasteiger partial charge in [-0.25, -0.2) is 4.79 Å². The molecule has 114 valence electrons. The van der Waals surface area contributed by atoms with Crippen molar-refractivity contribution in [1.82, 2.24) is 10.2 Å². The van der Waals surface area contributed by atoms with Crippen LogP contribution in [-0.4, -0.2) is 42.5 Å². The Balaban J connectivity index is 1.83. The highest BCUT2D eigenvalue weighted by Crippen LogP contribution is 2.10. The second-order valence-electron chi connectivity index (χ2n) is 4.96. The van der Waals surface area contributed by atoms with Gasteiger partial charge in [0.25, 0.3) is 0 Å². The molecule has 1 aliphatic rings. The smallest absolute Gasteiger partial charge is 0.408 e. The van der Waals surface area contributed by atoms with Crippen molar-refractivity contribution in [3.05, 3.63) is 35.9 Å². The average Bonchev–Trinajstić information content (AvgIpc) is 2.96. The molecular formula is C16H23N3O2. The Morgan fingerprint density at radius 1 is 1.33 bits per heavy atom. The van der Waals surface area contributed by atoms with Crippen molar-refractivity contribution >= 4 is 11.9 Å². The van der Waals surface area contributed by atoms with E-state index in [1.807, 2.05) is 30.3 Å². The van der Waals surface area contributed by atoms with Crippen LogP contribution in [0.5, 0.6) is 0 Å². The molecular weight excluding hydrogens is 266 g/mol. The van der Waals surface area contributed by atoms with E-state index in [4.69, 9.17) is 4.74 Å². The van der Waals surface area contributed by atoms with E-state index in [9.17, 15) is 4.79 Å². The van der Waals surface area contributed by atoms with E-state index in [1.54, 1.807) is 0 Å². The molecule has 5 nitrogen and oxygen atoms in total. The number of likely N-dealkylation sites (N-methyl/N-ethyl adjacent to an activating group) is 1. The zero-order valence-corrected chi connectivity index (χ0v) is 12.7. The third-order valence-corrected chi connectivity index (χ3v) is 3.60. The first-order valence-electron chi connectivity index (χ1n) is 7.51. The van der Waals surface area contributed by atoms with Crippen LogP contribution in [0.2, 0.25) is 0 Å². The first-order chi connectivity index (χ1) is 10.2. The van der Waals surface area contributed by atoms with E-state index in [0.717, 1.165) is 37.5 Å². The quantitative estimate of drug-likeness (QED) is 0.905. The number of carbonyl (C=O) groups is 1. The maximum atomic E-state index is 11.9. The van der Waals surface area contributed by atoms with Gasteiger partial charge in [0.2, 0.25) is 0 Å². The summed E-state index contributed by atoms with van der Waals surface area (Å²) in [6, 6.07) is 9.64. The zero-order valence-electron chi connectivity index (χ0n) is 12.7. The molecule has 1 aromatic rings. The summed E-state index contributed by atoms with van der Waals surface area (Å²) in [5.74, 6) is 0.969. The predicted molar refractivity (Wildman–Crippen MR) is 83.4 cm³/mol. The molecule has 1 amide bonds. The van der Waals surface area contributed by atoms with E-state index in [1.165, 1.54) is 0 Å². The minimum absolute atomic E-state index is 0.0341. The van der Waals surface area contributed by atoms with E-state index in [2.05, 4.69) is 29.1 Å². The maximum absolute atomic E-state index is 11.9. The molecule has 0 aliphatic carbocycles. The monoisotopic (exact) mass is 289 g/mol. The number of aliphatic imine (C=N–C) groups is 1. The number of hydrogen-bond acceptors (Lipinski definition) is 4. The Hall–Kier alpha value is -2.04. The number of nitrogens with zero attached hydrogens (tertiary/aromatic N) is 2. The molecule has 1 heterocycles. The van der Waals surface area contributed by atoms with Crippen molar-refractivity contribution in [3.63, 3.8) is 0 Å². The average molecular weight is 289 g/mol. The molecule has 1 atom stereocenters. The molecule has 0 saturated heterocycles. The lowest BCUT2D eigenvalue weighted by molar-refractivity contribution is 0.137. The minimum atomic E-state index is -0.384. The number of ether oxygens (including phenoxy) is 1. The summed E-state index contributed by atoms with van der Waals surface area (Å²) in [5.41, 5.74) is 0.983. The first-order valence-corrected chi connectivity index (χ1v) is 7.51. The molecule has 0 spiro atoms. The van der Waals surface area contributed by atoms with Crippen molar-refractivity contribution < 1.29 is 9.53 Å². The highest BCUT2D eigenvalue weighted by Gasteiger charge is 2.26. The molecule has 0 bridgehead atoms. The Labute approximate surface area is 126 Å². The first kappa shape index (κ1) is 15.4. The van der Waals surface area contributed by atoms with Crippen LogP contribution in [0.15, 0.2) is 35.3 Å². The molecule has 1 aliphatic heterocycles. The molecule has 1 N–H and O–H groups in total. The standard InChI is InChI=1S/C16H23N3O2/c1-3-19(4-2)15-14(10-11-17-15)18-16(20)21-12-13-8-6-5-7-9-13/h5-9,14H,3-4,10-12H2,1-2H3,(H,18,20). The topological polar surface area (TPSA) is 53.9 Å². The van der Waals surface area contributed by atoms with Crippen LogP contribution in [0.3, 0.4) is 0 Å². The van der Waals surface area contributed by atoms with Gasteiger partial charge >= 0.3 is 6.09 Å². The molecule has 1 aromatic carbocycles. The Bertz CT molecular complexity index is 484. The van der Waals surface area contributed by atoms with Crippen molar-refractivity contribution in [2.45, 2.75) is 32.9 Å². The molecule has 0 fully saturated rings. The molecule has 5 heteroatoms. The second kappa shape index (κ2) is 7.67. The Morgan fingerprint density at radius 3 is 2.71 bits per heavy atom. The number of carbonyl (C=O) groups excluding carboxylic acids is 1. The Morgan fingerprint density at radius 2 is 2.05 bits per heavy atom. The summed E-state index contributed by atoms with van der Waals surface area (Å²) >= 11 is 0. The minimum Gasteiger partial charge on any atom is -0.445 e. The highest BCUT2D eigenvalue weighted by molar-refractivity contribution is 5.91. The van der Waals surface area contributed by atoms with Crippen LogP contribution in [0.25, 0.3) is 0 Å². The molecule has 1 unspecified atom stereocenters. The van der Waals surface area contributed by atoms with Crippen LogP contribution >= 0.6 is 0 Å². The number of alkyl carbamates (subject to hydrolysis) is 1. The van der Waals surface area contributed by atoms with Crippen LogP contribution in [-0.2, 0) is 11.3 Å². The third-order valence-electron chi connectivity index (χ3n) is 3.60. The third kappa shape index (κ3) is 4.21. The fourth-order valence-electron chi connectivity index (χ4n) is 2.46. The molecule has 2 rings (SSSR count).